The maximum atomic E-state index is 11.5. The summed E-state index contributed by atoms with van der Waals surface area (Å²) in [6, 6.07) is 0. The van der Waals surface area contributed by atoms with Crippen LogP contribution < -0.4 is 5.43 Å². The number of carbonyl (C=O) groups excluding carboxylic acids is 1. The van der Waals surface area contributed by atoms with Gasteiger partial charge >= 0.3 is 5.97 Å². The molecule has 0 saturated carbocycles. The van der Waals surface area contributed by atoms with Crippen LogP contribution in [0.5, 0.6) is 0 Å². The fourth-order valence-electron chi connectivity index (χ4n) is 1.83. The molecule has 2 N–H and O–H groups in total. The number of hydrogen-bond acceptors (Lipinski definition) is 4. The number of rotatable bonds is 5. The molecule has 0 amide bonds. The van der Waals surface area contributed by atoms with Crippen molar-refractivity contribution < 1.29 is 14.7 Å². The SMILES string of the molecule is CCNN1CCC(=O)C(CCC(=O)O)C1. The van der Waals surface area contributed by atoms with Crippen LogP contribution in [-0.4, -0.2) is 41.5 Å². The quantitative estimate of drug-likeness (QED) is 0.687. The smallest absolute Gasteiger partial charge is 0.303 e. The topological polar surface area (TPSA) is 69.6 Å². The van der Waals surface area contributed by atoms with Gasteiger partial charge in [-0.15, -0.1) is 0 Å². The van der Waals surface area contributed by atoms with Gasteiger partial charge in [-0.2, -0.15) is 0 Å². The van der Waals surface area contributed by atoms with E-state index in [1.165, 1.54) is 0 Å². The zero-order valence-electron chi connectivity index (χ0n) is 9.03. The Morgan fingerprint density at radius 2 is 2.40 bits per heavy atom. The van der Waals surface area contributed by atoms with Gasteiger partial charge in [-0.1, -0.05) is 6.92 Å². The first kappa shape index (κ1) is 12.1. The number of hydrazine groups is 1. The second-order valence-electron chi connectivity index (χ2n) is 3.80. The molecule has 0 aromatic rings. The van der Waals surface area contributed by atoms with E-state index < -0.39 is 5.97 Å². The zero-order chi connectivity index (χ0) is 11.3. The molecule has 0 bridgehead atoms. The molecule has 1 aliphatic heterocycles. The largest absolute Gasteiger partial charge is 0.481 e. The molecule has 1 unspecified atom stereocenters. The molecular formula is C10H18N2O3. The van der Waals surface area contributed by atoms with Crippen LogP contribution in [0.15, 0.2) is 0 Å². The molecule has 5 nitrogen and oxygen atoms in total. The Balaban J connectivity index is 2.39. The number of ketones is 1. The summed E-state index contributed by atoms with van der Waals surface area (Å²) in [4.78, 5) is 21.9. The summed E-state index contributed by atoms with van der Waals surface area (Å²) in [5, 5.41) is 10.6. The minimum Gasteiger partial charge on any atom is -0.481 e. The Morgan fingerprint density at radius 3 is 3.00 bits per heavy atom. The molecule has 0 aromatic heterocycles. The summed E-state index contributed by atoms with van der Waals surface area (Å²) in [5.41, 5.74) is 3.16. The van der Waals surface area contributed by atoms with E-state index in [0.717, 1.165) is 13.1 Å². The van der Waals surface area contributed by atoms with Crippen LogP contribution in [0.1, 0.15) is 26.2 Å². The zero-order valence-corrected chi connectivity index (χ0v) is 9.03. The van der Waals surface area contributed by atoms with Crippen molar-refractivity contribution >= 4 is 11.8 Å². The van der Waals surface area contributed by atoms with E-state index in [-0.39, 0.29) is 18.1 Å². The normalized spacial score (nSPS) is 23.0. The van der Waals surface area contributed by atoms with Gasteiger partial charge in [0.25, 0.3) is 0 Å². The Kier molecular flexibility index (Phi) is 4.71. The highest BCUT2D eigenvalue weighted by atomic mass is 16.4. The van der Waals surface area contributed by atoms with Gasteiger partial charge in [-0.3, -0.25) is 15.0 Å². The predicted molar refractivity (Wildman–Crippen MR) is 55.2 cm³/mol. The van der Waals surface area contributed by atoms with Crippen molar-refractivity contribution in [1.82, 2.24) is 10.4 Å². The molecule has 0 radical (unpaired) electrons. The number of aliphatic carboxylic acids is 1. The molecule has 15 heavy (non-hydrogen) atoms. The molecule has 1 rings (SSSR count). The Morgan fingerprint density at radius 1 is 1.67 bits per heavy atom. The van der Waals surface area contributed by atoms with E-state index in [1.807, 2.05) is 11.9 Å². The van der Waals surface area contributed by atoms with Crippen LogP contribution in [0.3, 0.4) is 0 Å². The number of piperidine rings is 1. The Bertz CT molecular complexity index is 243. The summed E-state index contributed by atoms with van der Waals surface area (Å²) in [6.07, 6.45) is 1.06. The lowest BCUT2D eigenvalue weighted by Gasteiger charge is -2.31. The van der Waals surface area contributed by atoms with E-state index >= 15 is 0 Å². The lowest BCUT2D eigenvalue weighted by atomic mass is 9.93. The molecule has 1 aliphatic rings. The second-order valence-corrected chi connectivity index (χ2v) is 3.80. The number of nitrogens with zero attached hydrogens (tertiary/aromatic N) is 1. The van der Waals surface area contributed by atoms with Gasteiger partial charge in [0, 0.05) is 38.4 Å². The maximum absolute atomic E-state index is 11.5. The monoisotopic (exact) mass is 214 g/mol. The lowest BCUT2D eigenvalue weighted by Crippen LogP contribution is -2.48. The average Bonchev–Trinajstić information content (AvgIpc) is 2.19. The number of nitrogens with one attached hydrogen (secondary N) is 1. The fourth-order valence-corrected chi connectivity index (χ4v) is 1.83. The molecule has 5 heteroatoms. The number of carbonyl (C=O) groups is 2. The molecular weight excluding hydrogens is 196 g/mol. The van der Waals surface area contributed by atoms with Crippen LogP contribution in [0, 0.1) is 5.92 Å². The first-order chi connectivity index (χ1) is 7.13. The molecule has 1 fully saturated rings. The minimum absolute atomic E-state index is 0.0797. The van der Waals surface area contributed by atoms with Gasteiger partial charge in [0.15, 0.2) is 0 Å². The highest BCUT2D eigenvalue weighted by Crippen LogP contribution is 2.16. The first-order valence-corrected chi connectivity index (χ1v) is 5.36. The van der Waals surface area contributed by atoms with Gasteiger partial charge in [0.1, 0.15) is 5.78 Å². The summed E-state index contributed by atoms with van der Waals surface area (Å²) >= 11 is 0. The lowest BCUT2D eigenvalue weighted by molar-refractivity contribution is -0.137. The van der Waals surface area contributed by atoms with Gasteiger partial charge in [0.2, 0.25) is 0 Å². The summed E-state index contributed by atoms with van der Waals surface area (Å²) in [6.45, 7) is 4.21. The average molecular weight is 214 g/mol. The number of carboxylic acids is 1. The van der Waals surface area contributed by atoms with Crippen molar-refractivity contribution in [3.8, 4) is 0 Å². The third-order valence-electron chi connectivity index (χ3n) is 2.61. The fraction of sp³-hybridized carbons (Fsp3) is 0.800. The molecule has 1 saturated heterocycles. The van der Waals surface area contributed by atoms with Crippen molar-refractivity contribution in [1.29, 1.82) is 0 Å². The van der Waals surface area contributed by atoms with E-state index in [9.17, 15) is 9.59 Å². The van der Waals surface area contributed by atoms with Gasteiger partial charge < -0.3 is 5.11 Å². The van der Waals surface area contributed by atoms with E-state index in [1.54, 1.807) is 0 Å². The van der Waals surface area contributed by atoms with Crippen molar-refractivity contribution in [2.75, 3.05) is 19.6 Å². The van der Waals surface area contributed by atoms with Crippen LogP contribution in [0.25, 0.3) is 0 Å². The number of Topliss-reactive ketones (excluding diaryl/α,β-unsaturated/α-hetero) is 1. The Labute approximate surface area is 89.4 Å². The molecule has 0 aliphatic carbocycles. The van der Waals surface area contributed by atoms with Crippen molar-refractivity contribution in [3.63, 3.8) is 0 Å². The maximum Gasteiger partial charge on any atom is 0.303 e. The van der Waals surface area contributed by atoms with E-state index in [2.05, 4.69) is 5.43 Å². The van der Waals surface area contributed by atoms with Crippen molar-refractivity contribution in [3.05, 3.63) is 0 Å². The molecule has 1 atom stereocenters. The van der Waals surface area contributed by atoms with Crippen LogP contribution >= 0.6 is 0 Å². The minimum atomic E-state index is -0.830. The highest BCUT2D eigenvalue weighted by molar-refractivity contribution is 5.82. The number of carboxylic acid groups (broad SMARTS) is 1. The molecule has 0 aromatic carbocycles. The van der Waals surface area contributed by atoms with Gasteiger partial charge in [-0.05, 0) is 6.42 Å². The predicted octanol–water partition coefficient (Wildman–Crippen LogP) is 0.267. The second kappa shape index (κ2) is 5.82. The molecule has 0 spiro atoms. The van der Waals surface area contributed by atoms with Crippen LogP contribution in [-0.2, 0) is 9.59 Å². The van der Waals surface area contributed by atoms with Gasteiger partial charge in [0.05, 0.1) is 0 Å². The van der Waals surface area contributed by atoms with Crippen LogP contribution in [0.4, 0.5) is 0 Å². The van der Waals surface area contributed by atoms with E-state index in [0.29, 0.717) is 19.4 Å². The van der Waals surface area contributed by atoms with Crippen molar-refractivity contribution in [2.24, 2.45) is 5.92 Å². The van der Waals surface area contributed by atoms with Crippen molar-refractivity contribution in [2.45, 2.75) is 26.2 Å². The van der Waals surface area contributed by atoms with Gasteiger partial charge in [-0.25, -0.2) is 5.01 Å². The number of hydrogen-bond donors (Lipinski definition) is 2. The Hall–Kier alpha value is -0.940. The van der Waals surface area contributed by atoms with E-state index in [4.69, 9.17) is 5.11 Å². The molecule has 86 valence electrons. The summed E-state index contributed by atoms with van der Waals surface area (Å²) < 4.78 is 0. The molecule has 1 heterocycles. The highest BCUT2D eigenvalue weighted by Gasteiger charge is 2.26. The first-order valence-electron chi connectivity index (χ1n) is 5.36. The standard InChI is InChI=1S/C10H18N2O3/c1-2-11-12-6-5-9(13)8(7-12)3-4-10(14)15/h8,11H,2-7H2,1H3,(H,14,15). The third kappa shape index (κ3) is 3.97. The third-order valence-corrected chi connectivity index (χ3v) is 2.61. The summed E-state index contributed by atoms with van der Waals surface area (Å²) in [5.74, 6) is -0.748. The van der Waals surface area contributed by atoms with Crippen LogP contribution in [0.2, 0.25) is 0 Å². The summed E-state index contributed by atoms with van der Waals surface area (Å²) in [7, 11) is 0.